The lowest BCUT2D eigenvalue weighted by Gasteiger charge is -2.35. The molecule has 0 saturated heterocycles. The zero-order valence-electron chi connectivity index (χ0n) is 10.6. The average Bonchev–Trinajstić information content (AvgIpc) is 2.11. The molecule has 1 unspecified atom stereocenters. The molecule has 0 saturated carbocycles. The largest absolute Gasteiger partial charge is 0.307 e. The first-order chi connectivity index (χ1) is 6.48. The van der Waals surface area contributed by atoms with Gasteiger partial charge in [-0.05, 0) is 32.2 Å². The maximum absolute atomic E-state index is 4.13. The standard InChI is InChI=1S/C13H27N/c1-7-9-13(8-2,12(5)6)14-10-11(3)4/h11,14H,5,7-10H2,1-4,6H3. The van der Waals surface area contributed by atoms with Gasteiger partial charge in [0, 0.05) is 5.54 Å². The smallest absolute Gasteiger partial charge is 0.0385 e. The summed E-state index contributed by atoms with van der Waals surface area (Å²) in [7, 11) is 0. The summed E-state index contributed by atoms with van der Waals surface area (Å²) in [4.78, 5) is 0. The van der Waals surface area contributed by atoms with Gasteiger partial charge in [0.15, 0.2) is 0 Å². The van der Waals surface area contributed by atoms with E-state index in [1.54, 1.807) is 0 Å². The summed E-state index contributed by atoms with van der Waals surface area (Å²) in [6.45, 7) is 16.3. The van der Waals surface area contributed by atoms with Crippen LogP contribution in [0, 0.1) is 5.92 Å². The molecule has 0 aliphatic carbocycles. The van der Waals surface area contributed by atoms with Gasteiger partial charge in [0.2, 0.25) is 0 Å². The predicted molar refractivity (Wildman–Crippen MR) is 65.6 cm³/mol. The third-order valence-corrected chi connectivity index (χ3v) is 2.95. The van der Waals surface area contributed by atoms with E-state index in [1.807, 2.05) is 0 Å². The van der Waals surface area contributed by atoms with Crippen molar-refractivity contribution >= 4 is 0 Å². The summed E-state index contributed by atoms with van der Waals surface area (Å²) in [6, 6.07) is 0. The molecule has 1 atom stereocenters. The molecule has 1 N–H and O–H groups in total. The molecule has 14 heavy (non-hydrogen) atoms. The van der Waals surface area contributed by atoms with E-state index in [-0.39, 0.29) is 5.54 Å². The van der Waals surface area contributed by atoms with Crippen molar-refractivity contribution in [1.82, 2.24) is 5.32 Å². The molecule has 0 aromatic heterocycles. The lowest BCUT2D eigenvalue weighted by atomic mass is 9.84. The zero-order chi connectivity index (χ0) is 11.2. The molecular weight excluding hydrogens is 170 g/mol. The van der Waals surface area contributed by atoms with Gasteiger partial charge in [0.25, 0.3) is 0 Å². The summed E-state index contributed by atoms with van der Waals surface area (Å²) in [5.41, 5.74) is 1.46. The molecule has 0 aromatic carbocycles. The van der Waals surface area contributed by atoms with Crippen LogP contribution < -0.4 is 5.32 Å². The molecule has 0 aliphatic rings. The molecule has 0 rings (SSSR count). The van der Waals surface area contributed by atoms with Gasteiger partial charge in [-0.3, -0.25) is 0 Å². The summed E-state index contributed by atoms with van der Waals surface area (Å²) in [5.74, 6) is 0.706. The predicted octanol–water partition coefficient (Wildman–Crippen LogP) is 3.76. The Morgan fingerprint density at radius 2 is 1.93 bits per heavy atom. The highest BCUT2D eigenvalue weighted by molar-refractivity contribution is 5.13. The Morgan fingerprint density at radius 1 is 1.36 bits per heavy atom. The lowest BCUT2D eigenvalue weighted by Crippen LogP contribution is -2.47. The summed E-state index contributed by atoms with van der Waals surface area (Å²) in [5, 5.41) is 3.68. The van der Waals surface area contributed by atoms with E-state index in [0.717, 1.165) is 13.0 Å². The van der Waals surface area contributed by atoms with Crippen molar-refractivity contribution in [3.8, 4) is 0 Å². The molecule has 1 heteroatoms. The van der Waals surface area contributed by atoms with Crippen molar-refractivity contribution in [2.45, 2.75) is 59.4 Å². The molecule has 0 aromatic rings. The van der Waals surface area contributed by atoms with Crippen molar-refractivity contribution in [2.24, 2.45) is 5.92 Å². The molecule has 0 aliphatic heterocycles. The second kappa shape index (κ2) is 6.23. The Bertz CT molecular complexity index is 172. The van der Waals surface area contributed by atoms with Crippen molar-refractivity contribution in [3.63, 3.8) is 0 Å². The topological polar surface area (TPSA) is 12.0 Å². The molecule has 0 heterocycles. The molecule has 84 valence electrons. The van der Waals surface area contributed by atoms with Gasteiger partial charge in [-0.15, -0.1) is 0 Å². The maximum atomic E-state index is 4.13. The SMILES string of the molecule is C=C(C)C(CC)(CCC)NCC(C)C. The zero-order valence-corrected chi connectivity index (χ0v) is 10.6. The molecule has 0 spiro atoms. The minimum atomic E-state index is 0.180. The number of rotatable bonds is 7. The first-order valence-electron chi connectivity index (χ1n) is 5.89. The van der Waals surface area contributed by atoms with Crippen LogP contribution in [0.2, 0.25) is 0 Å². The highest BCUT2D eigenvalue weighted by Gasteiger charge is 2.27. The molecule has 0 bridgehead atoms. The molecule has 1 nitrogen and oxygen atoms in total. The Labute approximate surface area is 90.0 Å². The van der Waals surface area contributed by atoms with Gasteiger partial charge in [0.05, 0.1) is 0 Å². The van der Waals surface area contributed by atoms with E-state index in [2.05, 4.69) is 46.5 Å². The molecule has 0 amide bonds. The normalized spacial score (nSPS) is 15.6. The Balaban J connectivity index is 4.41. The van der Waals surface area contributed by atoms with Crippen LogP contribution in [-0.2, 0) is 0 Å². The first kappa shape index (κ1) is 13.7. The number of hydrogen-bond donors (Lipinski definition) is 1. The van der Waals surface area contributed by atoms with Gasteiger partial charge in [-0.1, -0.05) is 46.3 Å². The molecule has 0 fully saturated rings. The van der Waals surface area contributed by atoms with Gasteiger partial charge in [0.1, 0.15) is 0 Å². The van der Waals surface area contributed by atoms with Crippen LogP contribution in [0.25, 0.3) is 0 Å². The van der Waals surface area contributed by atoms with Crippen LogP contribution in [0.1, 0.15) is 53.9 Å². The van der Waals surface area contributed by atoms with Crippen molar-refractivity contribution in [3.05, 3.63) is 12.2 Å². The van der Waals surface area contributed by atoms with E-state index in [0.29, 0.717) is 5.92 Å². The Kier molecular flexibility index (Phi) is 6.10. The van der Waals surface area contributed by atoms with E-state index in [4.69, 9.17) is 0 Å². The first-order valence-corrected chi connectivity index (χ1v) is 5.89. The van der Waals surface area contributed by atoms with Crippen LogP contribution >= 0.6 is 0 Å². The molecular formula is C13H27N. The van der Waals surface area contributed by atoms with Gasteiger partial charge in [-0.25, -0.2) is 0 Å². The fourth-order valence-corrected chi connectivity index (χ4v) is 1.88. The van der Waals surface area contributed by atoms with Crippen molar-refractivity contribution in [2.75, 3.05) is 6.54 Å². The third kappa shape index (κ3) is 3.83. The van der Waals surface area contributed by atoms with Gasteiger partial charge >= 0.3 is 0 Å². The van der Waals surface area contributed by atoms with Gasteiger partial charge < -0.3 is 5.32 Å². The Hall–Kier alpha value is -0.300. The van der Waals surface area contributed by atoms with Crippen LogP contribution in [-0.4, -0.2) is 12.1 Å². The second-order valence-electron chi connectivity index (χ2n) is 4.74. The van der Waals surface area contributed by atoms with Gasteiger partial charge in [-0.2, -0.15) is 0 Å². The van der Waals surface area contributed by atoms with Crippen LogP contribution in [0.5, 0.6) is 0 Å². The fourth-order valence-electron chi connectivity index (χ4n) is 1.88. The summed E-state index contributed by atoms with van der Waals surface area (Å²) >= 11 is 0. The average molecular weight is 197 g/mol. The van der Waals surface area contributed by atoms with Crippen LogP contribution in [0.3, 0.4) is 0 Å². The fraction of sp³-hybridized carbons (Fsp3) is 0.846. The maximum Gasteiger partial charge on any atom is 0.0385 e. The quantitative estimate of drug-likeness (QED) is 0.613. The summed E-state index contributed by atoms with van der Waals surface area (Å²) in [6.07, 6.45) is 3.56. The van der Waals surface area contributed by atoms with E-state index >= 15 is 0 Å². The Morgan fingerprint density at radius 3 is 2.21 bits per heavy atom. The van der Waals surface area contributed by atoms with E-state index < -0.39 is 0 Å². The third-order valence-electron chi connectivity index (χ3n) is 2.95. The van der Waals surface area contributed by atoms with Crippen molar-refractivity contribution < 1.29 is 0 Å². The summed E-state index contributed by atoms with van der Waals surface area (Å²) < 4.78 is 0. The number of nitrogens with one attached hydrogen (secondary N) is 1. The highest BCUT2D eigenvalue weighted by atomic mass is 15.0. The van der Waals surface area contributed by atoms with E-state index in [1.165, 1.54) is 18.4 Å². The van der Waals surface area contributed by atoms with Crippen LogP contribution in [0.4, 0.5) is 0 Å². The van der Waals surface area contributed by atoms with E-state index in [9.17, 15) is 0 Å². The highest BCUT2D eigenvalue weighted by Crippen LogP contribution is 2.25. The van der Waals surface area contributed by atoms with Crippen LogP contribution in [0.15, 0.2) is 12.2 Å². The second-order valence-corrected chi connectivity index (χ2v) is 4.74. The lowest BCUT2D eigenvalue weighted by molar-refractivity contribution is 0.323. The molecule has 0 radical (unpaired) electrons. The monoisotopic (exact) mass is 197 g/mol. The van der Waals surface area contributed by atoms with Crippen molar-refractivity contribution in [1.29, 1.82) is 0 Å². The minimum absolute atomic E-state index is 0.180. The minimum Gasteiger partial charge on any atom is -0.307 e. The number of hydrogen-bond acceptors (Lipinski definition) is 1.